The third-order valence-electron chi connectivity index (χ3n) is 2.60. The summed E-state index contributed by atoms with van der Waals surface area (Å²) in [5, 5.41) is 27.9. The van der Waals surface area contributed by atoms with Crippen LogP contribution in [0.5, 0.6) is 0 Å². The molecule has 0 unspecified atom stereocenters. The van der Waals surface area contributed by atoms with Gasteiger partial charge in [0.15, 0.2) is 0 Å². The molecule has 0 aromatic heterocycles. The third kappa shape index (κ3) is 3.48. The number of rotatable bonds is 5. The summed E-state index contributed by atoms with van der Waals surface area (Å²) in [5.41, 5.74) is 0. The lowest BCUT2D eigenvalue weighted by molar-refractivity contribution is -0.0927. The number of hydrogen-bond donors (Lipinski definition) is 3. The fourth-order valence-electron chi connectivity index (χ4n) is 1.65. The summed E-state index contributed by atoms with van der Waals surface area (Å²) < 4.78 is 5.37. The molecule has 3 N–H and O–H groups in total. The Labute approximate surface area is 90.2 Å². The highest BCUT2D eigenvalue weighted by Crippen LogP contribution is 2.22. The van der Waals surface area contributed by atoms with E-state index in [0.717, 1.165) is 25.7 Å². The first kappa shape index (κ1) is 12.5. The van der Waals surface area contributed by atoms with Crippen LogP contribution >= 0.6 is 0 Å². The molecule has 0 aromatic rings. The molecule has 0 radical (unpaired) electrons. The smallest absolute Gasteiger partial charge is 0.150 e. The summed E-state index contributed by atoms with van der Waals surface area (Å²) in [5.74, 6) is 0.681. The monoisotopic (exact) mass is 216 g/mol. The van der Waals surface area contributed by atoms with Crippen LogP contribution in [0.1, 0.15) is 32.6 Å². The molecular formula is C11H20O4. The average Bonchev–Trinajstić information content (AvgIpc) is 2.23. The Morgan fingerprint density at radius 1 is 1.33 bits per heavy atom. The van der Waals surface area contributed by atoms with Gasteiger partial charge in [0.25, 0.3) is 0 Å². The van der Waals surface area contributed by atoms with Crippen LogP contribution in [-0.2, 0) is 4.74 Å². The van der Waals surface area contributed by atoms with Crippen molar-refractivity contribution in [1.82, 2.24) is 0 Å². The molecular weight excluding hydrogens is 196 g/mol. The van der Waals surface area contributed by atoms with Gasteiger partial charge in [0.05, 0.1) is 12.4 Å². The van der Waals surface area contributed by atoms with Crippen LogP contribution in [0.15, 0.2) is 11.8 Å². The Hall–Kier alpha value is -0.580. The van der Waals surface area contributed by atoms with E-state index in [-0.39, 0.29) is 6.61 Å². The molecule has 0 saturated carbocycles. The highest BCUT2D eigenvalue weighted by molar-refractivity contribution is 5.06. The normalized spacial score (nSPS) is 30.9. The molecule has 0 aromatic carbocycles. The Morgan fingerprint density at radius 2 is 2.07 bits per heavy atom. The van der Waals surface area contributed by atoms with Gasteiger partial charge in [-0.15, -0.1) is 0 Å². The summed E-state index contributed by atoms with van der Waals surface area (Å²) in [6.07, 6.45) is 2.90. The van der Waals surface area contributed by atoms with Gasteiger partial charge in [0.2, 0.25) is 0 Å². The molecule has 0 bridgehead atoms. The second-order valence-corrected chi connectivity index (χ2v) is 3.91. The first-order valence-electron chi connectivity index (χ1n) is 5.53. The van der Waals surface area contributed by atoms with Gasteiger partial charge in [0, 0.05) is 6.42 Å². The van der Waals surface area contributed by atoms with Gasteiger partial charge in [-0.05, 0) is 12.5 Å². The van der Waals surface area contributed by atoms with Crippen LogP contribution in [0.3, 0.4) is 0 Å². The van der Waals surface area contributed by atoms with Gasteiger partial charge in [-0.2, -0.15) is 0 Å². The molecule has 0 fully saturated rings. The van der Waals surface area contributed by atoms with E-state index < -0.39 is 18.3 Å². The van der Waals surface area contributed by atoms with Gasteiger partial charge in [-0.3, -0.25) is 0 Å². The van der Waals surface area contributed by atoms with Crippen LogP contribution in [0, 0.1) is 0 Å². The van der Waals surface area contributed by atoms with Crippen LogP contribution in [0.25, 0.3) is 0 Å². The van der Waals surface area contributed by atoms with Crippen molar-refractivity contribution in [2.75, 3.05) is 6.61 Å². The van der Waals surface area contributed by atoms with Gasteiger partial charge >= 0.3 is 0 Å². The van der Waals surface area contributed by atoms with E-state index in [1.54, 1.807) is 0 Å². The van der Waals surface area contributed by atoms with Crippen molar-refractivity contribution >= 4 is 0 Å². The molecule has 4 nitrogen and oxygen atoms in total. The third-order valence-corrected chi connectivity index (χ3v) is 2.60. The minimum Gasteiger partial charge on any atom is -0.490 e. The number of aliphatic hydroxyl groups excluding tert-OH is 3. The molecule has 1 aliphatic heterocycles. The minimum atomic E-state index is -1.02. The molecule has 0 saturated heterocycles. The summed E-state index contributed by atoms with van der Waals surface area (Å²) in [6, 6.07) is 0. The molecule has 4 heteroatoms. The van der Waals surface area contributed by atoms with Crippen LogP contribution in [-0.4, -0.2) is 40.2 Å². The summed E-state index contributed by atoms with van der Waals surface area (Å²) in [4.78, 5) is 0. The SMILES string of the molecule is CCCCCC1=C[C@@H](O)[C@@H](O)[C@@H](CO)O1. The number of hydrogen-bond acceptors (Lipinski definition) is 4. The molecule has 88 valence electrons. The maximum Gasteiger partial charge on any atom is 0.150 e. The maximum absolute atomic E-state index is 9.49. The lowest BCUT2D eigenvalue weighted by Gasteiger charge is -2.31. The molecule has 1 rings (SSSR count). The van der Waals surface area contributed by atoms with Crippen LogP contribution < -0.4 is 0 Å². The summed E-state index contributed by atoms with van der Waals surface area (Å²) >= 11 is 0. The Kier molecular flexibility index (Phi) is 5.08. The maximum atomic E-state index is 9.49. The van der Waals surface area contributed by atoms with Crippen molar-refractivity contribution < 1.29 is 20.1 Å². The number of allylic oxidation sites excluding steroid dienone is 1. The fraction of sp³-hybridized carbons (Fsp3) is 0.818. The van der Waals surface area contributed by atoms with Crippen LogP contribution in [0.4, 0.5) is 0 Å². The Balaban J connectivity index is 2.47. The van der Waals surface area contributed by atoms with Gasteiger partial charge in [0.1, 0.15) is 18.3 Å². The number of unbranched alkanes of at least 4 members (excludes halogenated alkanes) is 2. The predicted molar refractivity (Wildman–Crippen MR) is 56.2 cm³/mol. The zero-order valence-electron chi connectivity index (χ0n) is 9.09. The van der Waals surface area contributed by atoms with Gasteiger partial charge < -0.3 is 20.1 Å². The average molecular weight is 216 g/mol. The molecule has 0 amide bonds. The van der Waals surface area contributed by atoms with Crippen molar-refractivity contribution in [3.05, 3.63) is 11.8 Å². The van der Waals surface area contributed by atoms with Gasteiger partial charge in [-0.25, -0.2) is 0 Å². The van der Waals surface area contributed by atoms with Crippen molar-refractivity contribution in [1.29, 1.82) is 0 Å². The standard InChI is InChI=1S/C11H20O4/c1-2-3-4-5-8-6-9(13)11(14)10(7-12)15-8/h6,9-14H,2-5,7H2,1H3/t9-,10-,11-/m1/s1. The van der Waals surface area contributed by atoms with E-state index in [9.17, 15) is 10.2 Å². The second kappa shape index (κ2) is 6.10. The predicted octanol–water partition coefficient (Wildman–Crippen LogP) is 0.563. The first-order valence-corrected chi connectivity index (χ1v) is 5.53. The summed E-state index contributed by atoms with van der Waals surface area (Å²) in [7, 11) is 0. The van der Waals surface area contributed by atoms with E-state index >= 15 is 0 Å². The quantitative estimate of drug-likeness (QED) is 0.587. The molecule has 3 atom stereocenters. The fourth-order valence-corrected chi connectivity index (χ4v) is 1.65. The van der Waals surface area contributed by atoms with E-state index in [1.165, 1.54) is 6.08 Å². The Bertz CT molecular complexity index is 215. The minimum absolute atomic E-state index is 0.274. The van der Waals surface area contributed by atoms with E-state index in [0.29, 0.717) is 5.76 Å². The van der Waals surface area contributed by atoms with E-state index in [2.05, 4.69) is 6.92 Å². The number of aliphatic hydroxyl groups is 3. The molecule has 1 aliphatic rings. The Morgan fingerprint density at radius 3 is 2.67 bits per heavy atom. The highest BCUT2D eigenvalue weighted by Gasteiger charge is 2.31. The topological polar surface area (TPSA) is 69.9 Å². The zero-order valence-corrected chi connectivity index (χ0v) is 9.09. The first-order chi connectivity index (χ1) is 7.19. The lowest BCUT2D eigenvalue weighted by atomic mass is 10.0. The van der Waals surface area contributed by atoms with Crippen molar-refractivity contribution in [2.45, 2.75) is 50.9 Å². The molecule has 0 aliphatic carbocycles. The molecule has 1 heterocycles. The van der Waals surface area contributed by atoms with Crippen molar-refractivity contribution in [2.24, 2.45) is 0 Å². The van der Waals surface area contributed by atoms with Crippen molar-refractivity contribution in [3.63, 3.8) is 0 Å². The van der Waals surface area contributed by atoms with Crippen molar-refractivity contribution in [3.8, 4) is 0 Å². The van der Waals surface area contributed by atoms with Gasteiger partial charge in [-0.1, -0.05) is 19.8 Å². The molecule has 15 heavy (non-hydrogen) atoms. The summed E-state index contributed by atoms with van der Waals surface area (Å²) in [6.45, 7) is 1.84. The zero-order chi connectivity index (χ0) is 11.3. The van der Waals surface area contributed by atoms with E-state index in [1.807, 2.05) is 0 Å². The van der Waals surface area contributed by atoms with E-state index in [4.69, 9.17) is 9.84 Å². The number of ether oxygens (including phenoxy) is 1. The lowest BCUT2D eigenvalue weighted by Crippen LogP contribution is -2.43. The highest BCUT2D eigenvalue weighted by atomic mass is 16.5. The van der Waals surface area contributed by atoms with Crippen LogP contribution in [0.2, 0.25) is 0 Å². The largest absolute Gasteiger partial charge is 0.490 e. The second-order valence-electron chi connectivity index (χ2n) is 3.91. The molecule has 0 spiro atoms.